The van der Waals surface area contributed by atoms with Crippen LogP contribution in [0.3, 0.4) is 0 Å². The second-order valence-electron chi connectivity index (χ2n) is 38.9. The third-order valence-corrected chi connectivity index (χ3v) is 30.4. The molecule has 6 nitrogen and oxygen atoms in total. The summed E-state index contributed by atoms with van der Waals surface area (Å²) in [6.45, 7) is 0. The van der Waals surface area contributed by atoms with E-state index >= 15 is 0 Å². The fourth-order valence-electron chi connectivity index (χ4n) is 23.4. The maximum atomic E-state index is 2.44. The molecule has 0 aliphatic carbocycles. The second kappa shape index (κ2) is 37.4. The van der Waals surface area contributed by atoms with E-state index in [1.165, 1.54) is 242 Å². The van der Waals surface area contributed by atoms with Gasteiger partial charge in [0.2, 0.25) is 0 Å². The highest BCUT2D eigenvalue weighted by Gasteiger charge is 2.27. The van der Waals surface area contributed by atoms with Crippen molar-refractivity contribution in [3.63, 3.8) is 0 Å². The molecule has 0 atom stereocenters. The molecule has 0 saturated heterocycles. The lowest BCUT2D eigenvalue weighted by atomic mass is 10.00. The van der Waals surface area contributed by atoms with E-state index in [1.807, 2.05) is 0 Å². The molecule has 0 aliphatic rings. The number of rotatable bonds is 15. The molecule has 24 aromatic carbocycles. The zero-order valence-corrected chi connectivity index (χ0v) is 82.1. The fourth-order valence-corrected chi connectivity index (χ4v) is 23.4. The van der Waals surface area contributed by atoms with Crippen molar-refractivity contribution in [2.75, 3.05) is 0 Å². The molecule has 30 aromatic rings. The van der Waals surface area contributed by atoms with Gasteiger partial charge in [0.05, 0.1) is 66.2 Å². The molecule has 0 bridgehead atoms. The first kappa shape index (κ1) is 87.8. The zero-order valence-electron chi connectivity index (χ0n) is 82.1. The minimum Gasteiger partial charge on any atom is -0.309 e. The average molecular weight is 1910 g/mol. The Morgan fingerprint density at radius 2 is 0.233 bits per heavy atom. The van der Waals surface area contributed by atoms with Crippen LogP contribution in [-0.4, -0.2) is 27.4 Å². The summed E-state index contributed by atoms with van der Waals surface area (Å²) in [6, 6.07) is 211. The molecule has 0 fully saturated rings. The van der Waals surface area contributed by atoms with Crippen LogP contribution in [0.1, 0.15) is 0 Å². The van der Waals surface area contributed by atoms with Crippen LogP contribution in [0.5, 0.6) is 0 Å². The topological polar surface area (TPSA) is 29.6 Å². The monoisotopic (exact) mass is 1910 g/mol. The van der Waals surface area contributed by atoms with Crippen molar-refractivity contribution in [2.45, 2.75) is 0 Å². The van der Waals surface area contributed by atoms with Crippen LogP contribution >= 0.6 is 0 Å². The average Bonchev–Trinajstić information content (AvgIpc) is 1.54. The van der Waals surface area contributed by atoms with E-state index in [4.69, 9.17) is 0 Å². The molecule has 6 aromatic heterocycles. The van der Waals surface area contributed by atoms with E-state index in [1.54, 1.807) is 0 Å². The van der Waals surface area contributed by atoms with E-state index in [2.05, 4.69) is 610 Å². The van der Waals surface area contributed by atoms with Gasteiger partial charge in [-0.25, -0.2) is 0 Å². The molecule has 150 heavy (non-hydrogen) atoms. The van der Waals surface area contributed by atoms with Crippen LogP contribution in [0.2, 0.25) is 0 Å². The number of aromatic nitrogens is 6. The molecule has 0 spiro atoms. The van der Waals surface area contributed by atoms with Gasteiger partial charge in [-0.1, -0.05) is 437 Å². The van der Waals surface area contributed by atoms with Gasteiger partial charge >= 0.3 is 0 Å². The van der Waals surface area contributed by atoms with Crippen LogP contribution in [0.25, 0.3) is 265 Å². The summed E-state index contributed by atoms with van der Waals surface area (Å²) in [6.07, 6.45) is 0. The normalized spacial score (nSPS) is 11.6. The second-order valence-corrected chi connectivity index (χ2v) is 38.9. The Bertz CT molecular complexity index is 10100. The van der Waals surface area contributed by atoms with Gasteiger partial charge in [-0.15, -0.1) is 0 Å². The first-order valence-electron chi connectivity index (χ1n) is 51.6. The Hall–Kier alpha value is -19.9. The quantitative estimate of drug-likeness (QED) is 0.0979. The van der Waals surface area contributed by atoms with Crippen molar-refractivity contribution < 1.29 is 0 Å². The lowest BCUT2D eigenvalue weighted by Gasteiger charge is -2.12. The summed E-state index contributed by atoms with van der Waals surface area (Å²) in [5.41, 5.74) is 43.4. The van der Waals surface area contributed by atoms with Gasteiger partial charge in [0.1, 0.15) is 0 Å². The molecule has 702 valence electrons. The molecule has 0 saturated carbocycles. The van der Waals surface area contributed by atoms with Crippen LogP contribution in [0.4, 0.5) is 0 Å². The molecule has 0 unspecified atom stereocenters. The van der Waals surface area contributed by atoms with E-state index < -0.39 is 0 Å². The van der Waals surface area contributed by atoms with Gasteiger partial charge in [0, 0.05) is 98.8 Å². The first-order chi connectivity index (χ1) is 74.4. The molecule has 30 rings (SSSR count). The summed E-state index contributed by atoms with van der Waals surface area (Å²) in [5, 5.41) is 15.3. The van der Waals surface area contributed by atoms with Crippen LogP contribution in [-0.2, 0) is 0 Å². The highest BCUT2D eigenvalue weighted by Crippen LogP contribution is 2.49. The highest BCUT2D eigenvalue weighted by molar-refractivity contribution is 6.32. The summed E-state index contributed by atoms with van der Waals surface area (Å²) < 4.78 is 14.5. The van der Waals surface area contributed by atoms with Gasteiger partial charge in [-0.05, 0) is 246 Å². The molecule has 6 heterocycles. The van der Waals surface area contributed by atoms with Gasteiger partial charge in [-0.3, -0.25) is 0 Å². The molecule has 0 N–H and O–H groups in total. The summed E-state index contributed by atoms with van der Waals surface area (Å²) in [7, 11) is 0. The summed E-state index contributed by atoms with van der Waals surface area (Å²) in [4.78, 5) is 0. The summed E-state index contributed by atoms with van der Waals surface area (Å²) >= 11 is 0. The SMILES string of the molecule is c1ccc(-c2ccc(-c3ccc(-n4c5ccccc5c5c6c7ccccc7n(-c7ccc(-c8ccc(-c9ccccc9)cc8)cc7)c6ccc54)cc3)cc2)cc1.c1ccc(-c2ccc(-c3ccc(-n4c5ccccc5c5c6c7ccccc7n(-c7cccc(-c8ccc(-c9ccccc9)cc8)c7)c6ccc54)cc3)cc2)cc1.c1ccc(-c2ccc3c4c5c6ccccc6n(-c6ccccc6)c5ccc4n(-c4ccccc4)c3c2)cc1. The van der Waals surface area contributed by atoms with Gasteiger partial charge in [0.15, 0.2) is 0 Å². The Balaban J connectivity index is 0.000000110. The van der Waals surface area contributed by atoms with Gasteiger partial charge in [-0.2, -0.15) is 0 Å². The predicted molar refractivity (Wildman–Crippen MR) is 634 cm³/mol. The Labute approximate surface area is 868 Å². The molecular weight excluding hydrogens is 1810 g/mol. The fraction of sp³-hybridized carbons (Fsp3) is 0. The van der Waals surface area contributed by atoms with Crippen molar-refractivity contribution >= 4 is 131 Å². The number of hydrogen-bond acceptors (Lipinski definition) is 0. The number of benzene rings is 24. The standard InChI is InChI=1S/2C54H36N2.C36H24N2/c1-3-12-37(13-4-1)39-22-24-41(25-23-39)42-30-32-45(33-31-42)55-49-20-9-7-18-47(49)53-51(55)34-35-52-54(53)48-19-8-10-21-50(48)56(52)46-17-11-16-44(36-46)43-28-26-40(27-29-43)38-14-5-2-6-15-38;1-3-11-37(12-4-1)39-19-23-41(24-20-39)43-27-31-45(32-28-43)55-49-17-9-7-15-47(49)53-51(55)35-36-52-54(53)48-16-8-10-18-50(48)56(52)46-33-29-44(30-34-46)42-25-21-40(22-26-42)38-13-5-2-6-14-38;1-4-12-25(13-5-1)26-20-21-30-34(24-26)38(28-16-8-3-9-17-28)33-23-22-32-35(36(30)33)29-18-10-11-19-31(29)37(32)27-14-6-2-7-15-27/h2*1-36H;1-24H. The number of hydrogen-bond donors (Lipinski definition) is 0. The largest absolute Gasteiger partial charge is 0.309 e. The Morgan fingerprint density at radius 1 is 0.0800 bits per heavy atom. The van der Waals surface area contributed by atoms with Gasteiger partial charge < -0.3 is 27.4 Å². The zero-order chi connectivity index (χ0) is 99.1. The van der Waals surface area contributed by atoms with Crippen molar-refractivity contribution in [3.8, 4) is 134 Å². The third-order valence-electron chi connectivity index (χ3n) is 30.4. The smallest absolute Gasteiger partial charge is 0.0548 e. The number of nitrogens with zero attached hydrogens (tertiary/aromatic N) is 6. The lowest BCUT2D eigenvalue weighted by Crippen LogP contribution is -1.95. The minimum absolute atomic E-state index is 1.15. The molecular formula is C144H96N6. The lowest BCUT2D eigenvalue weighted by molar-refractivity contribution is 1.17. The van der Waals surface area contributed by atoms with Crippen LogP contribution in [0, 0.1) is 0 Å². The van der Waals surface area contributed by atoms with Crippen LogP contribution in [0.15, 0.2) is 582 Å². The predicted octanol–water partition coefficient (Wildman–Crippen LogP) is 38.6. The van der Waals surface area contributed by atoms with E-state index in [0.29, 0.717) is 0 Å². The molecule has 0 radical (unpaired) electrons. The molecule has 0 amide bonds. The Kier molecular flexibility index (Phi) is 21.9. The summed E-state index contributed by atoms with van der Waals surface area (Å²) in [5.74, 6) is 0. The number of para-hydroxylation sites is 7. The van der Waals surface area contributed by atoms with Crippen molar-refractivity contribution in [2.24, 2.45) is 0 Å². The number of fused-ring (bicyclic) bond motifs is 21. The van der Waals surface area contributed by atoms with Crippen molar-refractivity contribution in [1.82, 2.24) is 27.4 Å². The maximum absolute atomic E-state index is 2.44. The van der Waals surface area contributed by atoms with Gasteiger partial charge in [0.25, 0.3) is 0 Å². The molecule has 6 heteroatoms. The van der Waals surface area contributed by atoms with Crippen molar-refractivity contribution in [3.05, 3.63) is 582 Å². The van der Waals surface area contributed by atoms with E-state index in [-0.39, 0.29) is 0 Å². The first-order valence-corrected chi connectivity index (χ1v) is 51.6. The van der Waals surface area contributed by atoms with E-state index in [0.717, 1.165) is 22.7 Å². The Morgan fingerprint density at radius 3 is 0.487 bits per heavy atom. The van der Waals surface area contributed by atoms with Crippen LogP contribution < -0.4 is 0 Å². The maximum Gasteiger partial charge on any atom is 0.0548 e. The van der Waals surface area contributed by atoms with E-state index in [9.17, 15) is 0 Å². The third kappa shape index (κ3) is 15.4. The molecule has 0 aliphatic heterocycles. The van der Waals surface area contributed by atoms with Crippen molar-refractivity contribution in [1.29, 1.82) is 0 Å². The minimum atomic E-state index is 1.15. The highest BCUT2D eigenvalue weighted by atomic mass is 15.0.